The van der Waals surface area contributed by atoms with Crippen molar-refractivity contribution >= 4 is 11.8 Å². The van der Waals surface area contributed by atoms with E-state index in [1.165, 1.54) is 12.8 Å². The summed E-state index contributed by atoms with van der Waals surface area (Å²) in [5.74, 6) is 0.999. The highest BCUT2D eigenvalue weighted by atomic mass is 16.2. The van der Waals surface area contributed by atoms with Crippen LogP contribution in [-0.4, -0.2) is 48.4 Å². The molecule has 2 N–H and O–H groups in total. The van der Waals surface area contributed by atoms with Gasteiger partial charge in [-0.15, -0.1) is 0 Å². The molecule has 3 fully saturated rings. The fourth-order valence-corrected chi connectivity index (χ4v) is 4.39. The van der Waals surface area contributed by atoms with E-state index in [0.29, 0.717) is 11.9 Å². The van der Waals surface area contributed by atoms with Crippen LogP contribution in [0.25, 0.3) is 0 Å². The minimum Gasteiger partial charge on any atom is -0.353 e. The second kappa shape index (κ2) is 7.65. The first-order valence-electron chi connectivity index (χ1n) is 9.46. The Labute approximate surface area is 139 Å². The molecule has 2 amide bonds. The van der Waals surface area contributed by atoms with Gasteiger partial charge in [0.1, 0.15) is 0 Å². The standard InChI is InChI=1S/C18H31N3O2/c1-13-12-19-10-11-21(13)18(23)15-6-8-16(9-7-15)20-17(22)14-4-2-3-5-14/h13-16,19H,2-12H2,1H3,(H,20,22). The summed E-state index contributed by atoms with van der Waals surface area (Å²) in [6.07, 6.45) is 8.26. The molecule has 2 saturated carbocycles. The smallest absolute Gasteiger partial charge is 0.226 e. The zero-order chi connectivity index (χ0) is 16.2. The number of hydrogen-bond donors (Lipinski definition) is 2. The number of carbonyl (C=O) groups excluding carboxylic acids is 2. The van der Waals surface area contributed by atoms with Crippen LogP contribution in [0.3, 0.4) is 0 Å². The highest BCUT2D eigenvalue weighted by Gasteiger charge is 2.33. The molecule has 0 aromatic carbocycles. The van der Waals surface area contributed by atoms with Crippen LogP contribution in [0.4, 0.5) is 0 Å². The van der Waals surface area contributed by atoms with E-state index in [1.54, 1.807) is 0 Å². The molecule has 1 saturated heterocycles. The van der Waals surface area contributed by atoms with Crippen LogP contribution >= 0.6 is 0 Å². The summed E-state index contributed by atoms with van der Waals surface area (Å²) in [7, 11) is 0. The summed E-state index contributed by atoms with van der Waals surface area (Å²) in [4.78, 5) is 27.0. The number of piperazine rings is 1. The number of nitrogens with zero attached hydrogens (tertiary/aromatic N) is 1. The SMILES string of the molecule is CC1CNCCN1C(=O)C1CCC(NC(=O)C2CCCC2)CC1. The van der Waals surface area contributed by atoms with Crippen LogP contribution in [0.15, 0.2) is 0 Å². The van der Waals surface area contributed by atoms with E-state index in [1.807, 2.05) is 0 Å². The maximum Gasteiger partial charge on any atom is 0.226 e. The molecule has 5 nitrogen and oxygen atoms in total. The van der Waals surface area contributed by atoms with Crippen LogP contribution in [0.1, 0.15) is 58.3 Å². The first kappa shape index (κ1) is 16.7. The molecule has 1 unspecified atom stereocenters. The van der Waals surface area contributed by atoms with Gasteiger partial charge in [-0.05, 0) is 45.4 Å². The normalized spacial score (nSPS) is 32.7. The van der Waals surface area contributed by atoms with Crippen LogP contribution < -0.4 is 10.6 Å². The third-order valence-electron chi connectivity index (χ3n) is 5.93. The van der Waals surface area contributed by atoms with Gasteiger partial charge in [-0.3, -0.25) is 9.59 Å². The predicted molar refractivity (Wildman–Crippen MR) is 89.9 cm³/mol. The van der Waals surface area contributed by atoms with Gasteiger partial charge in [0.15, 0.2) is 0 Å². The molecule has 0 spiro atoms. The molecule has 23 heavy (non-hydrogen) atoms. The maximum atomic E-state index is 12.7. The van der Waals surface area contributed by atoms with Crippen molar-refractivity contribution in [1.29, 1.82) is 0 Å². The lowest BCUT2D eigenvalue weighted by Gasteiger charge is -2.38. The second-order valence-electron chi connectivity index (χ2n) is 7.62. The minimum atomic E-state index is 0.162. The van der Waals surface area contributed by atoms with E-state index in [0.717, 1.165) is 58.2 Å². The topological polar surface area (TPSA) is 61.4 Å². The van der Waals surface area contributed by atoms with Crippen molar-refractivity contribution in [2.45, 2.75) is 70.4 Å². The zero-order valence-corrected chi connectivity index (χ0v) is 14.4. The summed E-state index contributed by atoms with van der Waals surface area (Å²) >= 11 is 0. The van der Waals surface area contributed by atoms with Crippen molar-refractivity contribution < 1.29 is 9.59 Å². The van der Waals surface area contributed by atoms with E-state index in [4.69, 9.17) is 0 Å². The van der Waals surface area contributed by atoms with Gasteiger partial charge in [0, 0.05) is 43.6 Å². The van der Waals surface area contributed by atoms with Crippen molar-refractivity contribution in [3.8, 4) is 0 Å². The summed E-state index contributed by atoms with van der Waals surface area (Å²) in [5.41, 5.74) is 0. The Bertz CT molecular complexity index is 426. The molecule has 3 rings (SSSR count). The summed E-state index contributed by atoms with van der Waals surface area (Å²) in [6, 6.07) is 0.587. The highest BCUT2D eigenvalue weighted by Crippen LogP contribution is 2.29. The molecule has 1 aliphatic heterocycles. The Morgan fingerprint density at radius 1 is 1.00 bits per heavy atom. The molecule has 0 aromatic heterocycles. The van der Waals surface area contributed by atoms with E-state index in [9.17, 15) is 9.59 Å². The van der Waals surface area contributed by atoms with E-state index in [-0.39, 0.29) is 23.8 Å². The number of rotatable bonds is 3. The van der Waals surface area contributed by atoms with Gasteiger partial charge in [0.25, 0.3) is 0 Å². The lowest BCUT2D eigenvalue weighted by molar-refractivity contribution is -0.139. The van der Waals surface area contributed by atoms with Crippen LogP contribution in [0.2, 0.25) is 0 Å². The quantitative estimate of drug-likeness (QED) is 0.831. The number of amides is 2. The monoisotopic (exact) mass is 321 g/mol. The van der Waals surface area contributed by atoms with E-state index in [2.05, 4.69) is 22.5 Å². The first-order chi connectivity index (χ1) is 11.1. The fraction of sp³-hybridized carbons (Fsp3) is 0.889. The Balaban J connectivity index is 1.44. The molecule has 3 aliphatic rings. The lowest BCUT2D eigenvalue weighted by Crippen LogP contribution is -2.54. The molecule has 130 valence electrons. The third-order valence-corrected chi connectivity index (χ3v) is 5.93. The fourth-order valence-electron chi connectivity index (χ4n) is 4.39. The first-order valence-corrected chi connectivity index (χ1v) is 9.46. The molecule has 0 aromatic rings. The molecule has 0 bridgehead atoms. The molecule has 1 heterocycles. The Morgan fingerprint density at radius 3 is 2.35 bits per heavy atom. The molecule has 5 heteroatoms. The third kappa shape index (κ3) is 4.06. The molecule has 1 atom stereocenters. The average Bonchev–Trinajstić information content (AvgIpc) is 3.10. The van der Waals surface area contributed by atoms with Crippen molar-refractivity contribution in [1.82, 2.24) is 15.5 Å². The second-order valence-corrected chi connectivity index (χ2v) is 7.62. The van der Waals surface area contributed by atoms with Crippen molar-refractivity contribution in [3.05, 3.63) is 0 Å². The molecule has 2 aliphatic carbocycles. The van der Waals surface area contributed by atoms with E-state index < -0.39 is 0 Å². The van der Waals surface area contributed by atoms with Gasteiger partial charge < -0.3 is 15.5 Å². The average molecular weight is 321 g/mol. The van der Waals surface area contributed by atoms with Gasteiger partial charge in [0.05, 0.1) is 0 Å². The highest BCUT2D eigenvalue weighted by molar-refractivity contribution is 5.80. The van der Waals surface area contributed by atoms with Crippen LogP contribution in [0.5, 0.6) is 0 Å². The van der Waals surface area contributed by atoms with Crippen LogP contribution in [-0.2, 0) is 9.59 Å². The predicted octanol–water partition coefficient (Wildman–Crippen LogP) is 1.67. The Hall–Kier alpha value is -1.10. The van der Waals surface area contributed by atoms with Gasteiger partial charge in [-0.2, -0.15) is 0 Å². The van der Waals surface area contributed by atoms with Gasteiger partial charge >= 0.3 is 0 Å². The van der Waals surface area contributed by atoms with Crippen molar-refractivity contribution in [2.24, 2.45) is 11.8 Å². The summed E-state index contributed by atoms with van der Waals surface area (Å²) in [6.45, 7) is 4.76. The summed E-state index contributed by atoms with van der Waals surface area (Å²) in [5, 5.41) is 6.57. The summed E-state index contributed by atoms with van der Waals surface area (Å²) < 4.78 is 0. The Kier molecular flexibility index (Phi) is 5.57. The van der Waals surface area contributed by atoms with Crippen molar-refractivity contribution in [3.63, 3.8) is 0 Å². The Morgan fingerprint density at radius 2 is 1.70 bits per heavy atom. The lowest BCUT2D eigenvalue weighted by atomic mass is 9.84. The van der Waals surface area contributed by atoms with Gasteiger partial charge in [-0.25, -0.2) is 0 Å². The maximum absolute atomic E-state index is 12.7. The zero-order valence-electron chi connectivity index (χ0n) is 14.4. The number of nitrogens with one attached hydrogen (secondary N) is 2. The largest absolute Gasteiger partial charge is 0.353 e. The molecule has 0 radical (unpaired) electrons. The van der Waals surface area contributed by atoms with Crippen molar-refractivity contribution in [2.75, 3.05) is 19.6 Å². The number of hydrogen-bond acceptors (Lipinski definition) is 3. The van der Waals surface area contributed by atoms with E-state index >= 15 is 0 Å². The van der Waals surface area contributed by atoms with Gasteiger partial charge in [-0.1, -0.05) is 12.8 Å². The number of carbonyl (C=O) groups is 2. The molecular formula is C18H31N3O2. The minimum absolute atomic E-state index is 0.162. The van der Waals surface area contributed by atoms with Gasteiger partial charge in [0.2, 0.25) is 11.8 Å². The molecular weight excluding hydrogens is 290 g/mol. The van der Waals surface area contributed by atoms with Crippen LogP contribution in [0, 0.1) is 11.8 Å².